The molecule has 1 aliphatic heterocycles. The Balaban J connectivity index is 1.62. The minimum Gasteiger partial charge on any atom is -0.376 e. The Morgan fingerprint density at radius 1 is 1.16 bits per heavy atom. The largest absolute Gasteiger partial charge is 0.376 e. The number of rotatable bonds is 6. The van der Waals surface area contributed by atoms with Gasteiger partial charge >= 0.3 is 0 Å². The number of aromatic nitrogens is 4. The van der Waals surface area contributed by atoms with Gasteiger partial charge in [-0.25, -0.2) is 13.4 Å². The predicted molar refractivity (Wildman–Crippen MR) is 117 cm³/mol. The second-order valence-corrected chi connectivity index (χ2v) is 9.49. The number of hydrogen-bond acceptors (Lipinski definition) is 7. The molecule has 1 fully saturated rings. The minimum atomic E-state index is -3.87. The number of ether oxygens (including phenoxy) is 1. The first kappa shape index (κ1) is 19.9. The standard InChI is InChI=1S/C22H23N5O3S/c1-2-15-9-11-17(12-10-15)31(28,29)22-21-24-20(23-14-16-6-5-13-30-16)18-7-3-4-8-19(18)27(21)26-25-22/h3-4,7-12,16H,2,5-6,13-14H2,1H3,(H,23,24)/t16-/m1/s1. The van der Waals surface area contributed by atoms with Gasteiger partial charge in [0.05, 0.1) is 16.5 Å². The predicted octanol–water partition coefficient (Wildman–Crippen LogP) is 3.26. The molecule has 31 heavy (non-hydrogen) atoms. The number of nitrogens with one attached hydrogen (secondary N) is 1. The van der Waals surface area contributed by atoms with E-state index in [4.69, 9.17) is 4.74 Å². The SMILES string of the molecule is CCc1ccc(S(=O)(=O)c2nnn3c2nc(NC[C@H]2CCCO2)c2ccccc23)cc1. The zero-order valence-corrected chi connectivity index (χ0v) is 18.0. The van der Waals surface area contributed by atoms with E-state index in [2.05, 4.69) is 20.6 Å². The number of benzene rings is 2. The molecule has 0 spiro atoms. The highest BCUT2D eigenvalue weighted by atomic mass is 32.2. The summed E-state index contributed by atoms with van der Waals surface area (Å²) in [5.74, 6) is 0.596. The topological polar surface area (TPSA) is 98.5 Å². The molecule has 1 aliphatic rings. The fourth-order valence-electron chi connectivity index (χ4n) is 3.89. The van der Waals surface area contributed by atoms with Crippen LogP contribution in [0.15, 0.2) is 58.5 Å². The van der Waals surface area contributed by atoms with Crippen molar-refractivity contribution in [2.45, 2.75) is 42.2 Å². The molecule has 0 saturated carbocycles. The molecule has 0 amide bonds. The van der Waals surface area contributed by atoms with Crippen molar-refractivity contribution in [2.24, 2.45) is 0 Å². The zero-order valence-electron chi connectivity index (χ0n) is 17.2. The summed E-state index contributed by atoms with van der Waals surface area (Å²) in [5.41, 5.74) is 2.00. The summed E-state index contributed by atoms with van der Waals surface area (Å²) in [6, 6.07) is 14.4. The molecule has 1 N–H and O–H groups in total. The summed E-state index contributed by atoms with van der Waals surface area (Å²) in [4.78, 5) is 4.82. The molecular formula is C22H23N5O3S. The molecule has 160 valence electrons. The summed E-state index contributed by atoms with van der Waals surface area (Å²) >= 11 is 0. The molecule has 9 heteroatoms. The zero-order chi connectivity index (χ0) is 21.4. The molecule has 5 rings (SSSR count). The Labute approximate surface area is 180 Å². The molecule has 2 aromatic heterocycles. The third kappa shape index (κ3) is 3.53. The molecule has 1 atom stereocenters. The smallest absolute Gasteiger partial charge is 0.229 e. The van der Waals surface area contributed by atoms with E-state index in [9.17, 15) is 8.42 Å². The van der Waals surface area contributed by atoms with Gasteiger partial charge in [0.2, 0.25) is 14.9 Å². The Kier molecular flexibility index (Phi) is 5.07. The van der Waals surface area contributed by atoms with E-state index in [1.54, 1.807) is 12.1 Å². The Morgan fingerprint density at radius 3 is 2.71 bits per heavy atom. The van der Waals surface area contributed by atoms with Gasteiger partial charge in [0.25, 0.3) is 0 Å². The van der Waals surface area contributed by atoms with E-state index in [0.717, 1.165) is 42.3 Å². The third-order valence-electron chi connectivity index (χ3n) is 5.64. The lowest BCUT2D eigenvalue weighted by Crippen LogP contribution is -2.19. The lowest BCUT2D eigenvalue weighted by molar-refractivity contribution is 0.120. The average Bonchev–Trinajstić information content (AvgIpc) is 3.47. The van der Waals surface area contributed by atoms with Crippen LogP contribution in [-0.2, 0) is 21.0 Å². The van der Waals surface area contributed by atoms with Crippen LogP contribution >= 0.6 is 0 Å². The van der Waals surface area contributed by atoms with Crippen molar-refractivity contribution >= 4 is 32.2 Å². The Bertz CT molecular complexity index is 1340. The van der Waals surface area contributed by atoms with Crippen molar-refractivity contribution < 1.29 is 13.2 Å². The van der Waals surface area contributed by atoms with Crippen LogP contribution in [0.3, 0.4) is 0 Å². The van der Waals surface area contributed by atoms with Gasteiger partial charge in [-0.2, -0.15) is 4.52 Å². The molecule has 0 bridgehead atoms. The van der Waals surface area contributed by atoms with Crippen molar-refractivity contribution in [1.82, 2.24) is 19.8 Å². The maximum atomic E-state index is 13.3. The van der Waals surface area contributed by atoms with Crippen LogP contribution in [0.4, 0.5) is 5.82 Å². The van der Waals surface area contributed by atoms with Crippen molar-refractivity contribution in [2.75, 3.05) is 18.5 Å². The van der Waals surface area contributed by atoms with Crippen LogP contribution in [0, 0.1) is 0 Å². The number of para-hydroxylation sites is 1. The first-order valence-electron chi connectivity index (χ1n) is 10.4. The maximum absolute atomic E-state index is 13.3. The van der Waals surface area contributed by atoms with Crippen LogP contribution in [-0.4, -0.2) is 47.5 Å². The molecule has 0 aliphatic carbocycles. The first-order valence-corrected chi connectivity index (χ1v) is 11.9. The first-order chi connectivity index (χ1) is 15.1. The van der Waals surface area contributed by atoms with E-state index in [-0.39, 0.29) is 21.7 Å². The summed E-state index contributed by atoms with van der Waals surface area (Å²) in [6.07, 6.45) is 3.00. The highest BCUT2D eigenvalue weighted by Gasteiger charge is 2.27. The summed E-state index contributed by atoms with van der Waals surface area (Å²) in [5, 5.41) is 12.2. The van der Waals surface area contributed by atoms with Crippen molar-refractivity contribution in [3.05, 3.63) is 54.1 Å². The minimum absolute atomic E-state index is 0.125. The van der Waals surface area contributed by atoms with Gasteiger partial charge in [-0.05, 0) is 49.1 Å². The van der Waals surface area contributed by atoms with Gasteiger partial charge in [0.1, 0.15) is 5.82 Å². The van der Waals surface area contributed by atoms with Crippen molar-refractivity contribution in [3.63, 3.8) is 0 Å². The van der Waals surface area contributed by atoms with Crippen LogP contribution in [0.1, 0.15) is 25.3 Å². The van der Waals surface area contributed by atoms with Gasteiger partial charge in [-0.3, -0.25) is 0 Å². The number of anilines is 1. The monoisotopic (exact) mass is 437 g/mol. The van der Waals surface area contributed by atoms with Gasteiger partial charge in [0, 0.05) is 18.5 Å². The summed E-state index contributed by atoms with van der Waals surface area (Å²) < 4.78 is 33.8. The van der Waals surface area contributed by atoms with E-state index >= 15 is 0 Å². The van der Waals surface area contributed by atoms with Crippen LogP contribution < -0.4 is 5.32 Å². The molecule has 8 nitrogen and oxygen atoms in total. The Hall–Kier alpha value is -3.04. The van der Waals surface area contributed by atoms with Crippen LogP contribution in [0.5, 0.6) is 0 Å². The number of hydrogen-bond donors (Lipinski definition) is 1. The highest BCUT2D eigenvalue weighted by Crippen LogP contribution is 2.28. The van der Waals surface area contributed by atoms with E-state index in [1.807, 2.05) is 43.3 Å². The molecule has 3 heterocycles. The van der Waals surface area contributed by atoms with E-state index in [0.29, 0.717) is 12.4 Å². The maximum Gasteiger partial charge on any atom is 0.229 e. The van der Waals surface area contributed by atoms with E-state index < -0.39 is 9.84 Å². The van der Waals surface area contributed by atoms with Gasteiger partial charge in [-0.15, -0.1) is 5.10 Å². The second kappa shape index (κ2) is 7.90. The fraction of sp³-hybridized carbons (Fsp3) is 0.318. The van der Waals surface area contributed by atoms with Gasteiger partial charge < -0.3 is 10.1 Å². The lowest BCUT2D eigenvalue weighted by atomic mass is 10.2. The molecule has 0 radical (unpaired) electrons. The number of fused-ring (bicyclic) bond motifs is 3. The quantitative estimate of drug-likeness (QED) is 0.494. The van der Waals surface area contributed by atoms with E-state index in [1.165, 1.54) is 4.52 Å². The summed E-state index contributed by atoms with van der Waals surface area (Å²) in [6.45, 7) is 3.40. The number of aryl methyl sites for hydroxylation is 1. The van der Waals surface area contributed by atoms with Crippen molar-refractivity contribution in [1.29, 1.82) is 0 Å². The molecule has 2 aromatic carbocycles. The second-order valence-electron chi connectivity index (χ2n) is 7.62. The normalized spacial score (nSPS) is 16.9. The van der Waals surface area contributed by atoms with Crippen molar-refractivity contribution in [3.8, 4) is 0 Å². The third-order valence-corrected chi connectivity index (χ3v) is 7.31. The number of nitrogens with zero attached hydrogens (tertiary/aromatic N) is 4. The average molecular weight is 438 g/mol. The molecular weight excluding hydrogens is 414 g/mol. The fourth-order valence-corrected chi connectivity index (χ4v) is 5.12. The lowest BCUT2D eigenvalue weighted by Gasteiger charge is -2.13. The summed E-state index contributed by atoms with van der Waals surface area (Å²) in [7, 11) is -3.87. The molecule has 4 aromatic rings. The number of sulfone groups is 1. The molecule has 0 unspecified atom stereocenters. The van der Waals surface area contributed by atoms with Crippen LogP contribution in [0.2, 0.25) is 0 Å². The Morgan fingerprint density at radius 2 is 1.97 bits per heavy atom. The highest BCUT2D eigenvalue weighted by molar-refractivity contribution is 7.91. The van der Waals surface area contributed by atoms with Gasteiger partial charge in [-0.1, -0.05) is 36.4 Å². The van der Waals surface area contributed by atoms with Gasteiger partial charge in [0.15, 0.2) is 5.65 Å². The van der Waals surface area contributed by atoms with Crippen LogP contribution in [0.25, 0.3) is 16.6 Å². The molecule has 1 saturated heterocycles.